The number of azide groups is 1. The molecule has 0 fully saturated rings. The van der Waals surface area contributed by atoms with Crippen LogP contribution in [0.1, 0.15) is 0 Å². The summed E-state index contributed by atoms with van der Waals surface area (Å²) in [5.74, 6) is -0.437. The lowest BCUT2D eigenvalue weighted by Gasteiger charge is -2.01. The molecule has 0 aromatic carbocycles. The van der Waals surface area contributed by atoms with Crippen molar-refractivity contribution < 1.29 is 4.63 Å². The molecule has 0 saturated heterocycles. The maximum Gasteiger partial charge on any atom is 0.202 e. The summed E-state index contributed by atoms with van der Waals surface area (Å²) < 4.78 is 4.26. The summed E-state index contributed by atoms with van der Waals surface area (Å²) in [6.07, 6.45) is 0. The smallest absolute Gasteiger partial charge is 0.202 e. The van der Waals surface area contributed by atoms with Gasteiger partial charge in [0.15, 0.2) is 5.69 Å². The molecule has 4 N–H and O–H groups in total. The monoisotopic (exact) mass is 212 g/mol. The average molecular weight is 212 g/mol. The minimum absolute atomic E-state index is 0. The van der Waals surface area contributed by atoms with Gasteiger partial charge in [-0.15, -0.1) is 5.10 Å². The van der Waals surface area contributed by atoms with Crippen molar-refractivity contribution in [2.45, 2.75) is 0 Å². The Bertz CT molecular complexity index is 492. The van der Waals surface area contributed by atoms with E-state index in [1.54, 1.807) is 0 Å². The summed E-state index contributed by atoms with van der Waals surface area (Å²) in [5.41, 5.74) is 8.03. The quantitative estimate of drug-likeness (QED) is 0.422. The molecule has 0 radical (unpaired) electrons. The van der Waals surface area contributed by atoms with E-state index in [0.717, 1.165) is 0 Å². The van der Waals surface area contributed by atoms with Gasteiger partial charge in [-0.3, -0.25) is 4.85 Å². The first-order valence-corrected chi connectivity index (χ1v) is 3.17. The SMILES string of the molecule is [N-]=[N+]=Nc1nonc1-c1nnnn1[O-].[NH4+]. The first-order valence-electron chi connectivity index (χ1n) is 3.17. The van der Waals surface area contributed by atoms with Gasteiger partial charge >= 0.3 is 0 Å². The Morgan fingerprint density at radius 3 is 2.87 bits per heavy atom. The summed E-state index contributed by atoms with van der Waals surface area (Å²) in [6.45, 7) is 0. The molecule has 0 aliphatic heterocycles. The normalized spacial score (nSPS) is 9.07. The van der Waals surface area contributed by atoms with Crippen LogP contribution in [0.4, 0.5) is 5.82 Å². The van der Waals surface area contributed by atoms with Crippen LogP contribution in [-0.4, -0.2) is 30.7 Å². The highest BCUT2D eigenvalue weighted by Gasteiger charge is 2.15. The topological polar surface area (TPSA) is 191 Å². The number of tetrazole rings is 1. The third kappa shape index (κ3) is 1.65. The lowest BCUT2D eigenvalue weighted by molar-refractivity contribution is 0.309. The van der Waals surface area contributed by atoms with Gasteiger partial charge in [-0.25, -0.2) is 4.63 Å². The predicted molar refractivity (Wildman–Crippen MR) is 44.7 cm³/mol. The predicted octanol–water partition coefficient (Wildman–Crippen LogP) is 0.387. The molecule has 2 aromatic rings. The number of quaternary nitrogens is 1. The van der Waals surface area contributed by atoms with E-state index in [4.69, 9.17) is 5.53 Å². The Labute approximate surface area is 80.6 Å². The van der Waals surface area contributed by atoms with E-state index < -0.39 is 0 Å². The van der Waals surface area contributed by atoms with E-state index in [-0.39, 0.29) is 28.3 Å². The molecule has 0 amide bonds. The van der Waals surface area contributed by atoms with Gasteiger partial charge in [0, 0.05) is 4.91 Å². The summed E-state index contributed by atoms with van der Waals surface area (Å²) in [7, 11) is 0. The molecular formula is C3H4N10O2. The zero-order valence-electron chi connectivity index (χ0n) is 7.34. The van der Waals surface area contributed by atoms with Gasteiger partial charge in [-0.1, -0.05) is 0 Å². The van der Waals surface area contributed by atoms with Gasteiger partial charge in [-0.05, 0) is 31.4 Å². The fourth-order valence-electron chi connectivity index (χ4n) is 0.750. The summed E-state index contributed by atoms with van der Waals surface area (Å²) >= 11 is 0. The molecule has 0 saturated carbocycles. The molecule has 0 unspecified atom stereocenters. The fourth-order valence-corrected chi connectivity index (χ4v) is 0.750. The molecule has 2 aromatic heterocycles. The van der Waals surface area contributed by atoms with Crippen molar-refractivity contribution in [2.75, 3.05) is 0 Å². The Morgan fingerprint density at radius 2 is 2.27 bits per heavy atom. The number of aromatic nitrogens is 6. The average Bonchev–Trinajstić information content (AvgIpc) is 2.74. The highest BCUT2D eigenvalue weighted by atomic mass is 16.6. The van der Waals surface area contributed by atoms with Crippen LogP contribution in [0.2, 0.25) is 0 Å². The Hall–Kier alpha value is -2.72. The van der Waals surface area contributed by atoms with E-state index in [2.05, 4.69) is 40.5 Å². The third-order valence-corrected chi connectivity index (χ3v) is 1.26. The van der Waals surface area contributed by atoms with Gasteiger partial charge < -0.3 is 11.4 Å². The van der Waals surface area contributed by atoms with E-state index in [9.17, 15) is 5.21 Å². The number of hydrogen-bond acceptors (Lipinski definition) is 8. The fraction of sp³-hybridized carbons (Fsp3) is 0. The van der Waals surface area contributed by atoms with Gasteiger partial charge in [0.05, 0.1) is 0 Å². The first kappa shape index (κ1) is 10.4. The van der Waals surface area contributed by atoms with E-state index >= 15 is 0 Å². The molecule has 0 aliphatic rings. The largest absolute Gasteiger partial charge is 0.788 e. The summed E-state index contributed by atoms with van der Waals surface area (Å²) in [6, 6.07) is 0. The molecule has 78 valence electrons. The van der Waals surface area contributed by atoms with Crippen LogP contribution in [0.3, 0.4) is 0 Å². The van der Waals surface area contributed by atoms with Crippen LogP contribution >= 0.6 is 0 Å². The number of hydrogen-bond donors (Lipinski definition) is 1. The van der Waals surface area contributed by atoms with Crippen molar-refractivity contribution in [3.05, 3.63) is 15.7 Å². The maximum atomic E-state index is 10.9. The maximum absolute atomic E-state index is 10.9. The molecule has 0 aliphatic carbocycles. The molecular weight excluding hydrogens is 208 g/mol. The lowest BCUT2D eigenvalue weighted by atomic mass is 10.4. The lowest BCUT2D eigenvalue weighted by Crippen LogP contribution is -1.92. The van der Waals surface area contributed by atoms with Crippen molar-refractivity contribution in [3.8, 4) is 11.5 Å². The second-order valence-corrected chi connectivity index (χ2v) is 2.00. The standard InChI is InChI=1S/C3N9O2.H3N/c4-9-5-2-1(7-14-8-2)3-6-10-11-12(3)13;/h;1H3/q-1;/p+1. The minimum atomic E-state index is -0.242. The highest BCUT2D eigenvalue weighted by molar-refractivity contribution is 5.61. The van der Waals surface area contributed by atoms with Gasteiger partial charge in [-0.2, -0.15) is 0 Å². The molecule has 12 heteroatoms. The van der Waals surface area contributed by atoms with Crippen molar-refractivity contribution in [3.63, 3.8) is 0 Å². The Balaban J connectivity index is 0.00000112. The molecule has 12 nitrogen and oxygen atoms in total. The van der Waals surface area contributed by atoms with Gasteiger partial charge in [0.2, 0.25) is 11.6 Å². The van der Waals surface area contributed by atoms with Crippen molar-refractivity contribution >= 4 is 5.82 Å². The number of nitrogens with zero attached hydrogens (tertiary/aromatic N) is 9. The summed E-state index contributed by atoms with van der Waals surface area (Å²) in [5, 5.41) is 30.1. The molecule has 15 heavy (non-hydrogen) atoms. The van der Waals surface area contributed by atoms with E-state index in [0.29, 0.717) is 0 Å². The van der Waals surface area contributed by atoms with Crippen LogP contribution in [-0.2, 0) is 0 Å². The van der Waals surface area contributed by atoms with Crippen molar-refractivity contribution in [1.82, 2.24) is 36.8 Å². The molecule has 0 spiro atoms. The summed E-state index contributed by atoms with van der Waals surface area (Å²) in [4.78, 5) is 2.57. The Morgan fingerprint density at radius 1 is 1.47 bits per heavy atom. The van der Waals surface area contributed by atoms with Crippen LogP contribution in [0, 0.1) is 5.21 Å². The van der Waals surface area contributed by atoms with E-state index in [1.807, 2.05) is 0 Å². The molecule has 2 heterocycles. The highest BCUT2D eigenvalue weighted by Crippen LogP contribution is 2.23. The number of rotatable bonds is 2. The van der Waals surface area contributed by atoms with Crippen molar-refractivity contribution in [1.29, 1.82) is 0 Å². The van der Waals surface area contributed by atoms with Crippen LogP contribution < -0.4 is 6.15 Å². The van der Waals surface area contributed by atoms with Crippen LogP contribution in [0.15, 0.2) is 9.74 Å². The van der Waals surface area contributed by atoms with Crippen LogP contribution in [0.25, 0.3) is 22.0 Å². The van der Waals surface area contributed by atoms with Crippen molar-refractivity contribution in [2.24, 2.45) is 5.11 Å². The third-order valence-electron chi connectivity index (χ3n) is 1.26. The zero-order valence-corrected chi connectivity index (χ0v) is 7.34. The van der Waals surface area contributed by atoms with Gasteiger partial charge in [0.25, 0.3) is 0 Å². The molecule has 2 rings (SSSR count). The van der Waals surface area contributed by atoms with Crippen LogP contribution in [0.5, 0.6) is 0 Å². The second kappa shape index (κ2) is 3.99. The molecule has 0 atom stereocenters. The second-order valence-electron chi connectivity index (χ2n) is 2.00. The minimum Gasteiger partial charge on any atom is -0.788 e. The van der Waals surface area contributed by atoms with Gasteiger partial charge in [0.1, 0.15) is 0 Å². The first-order chi connectivity index (χ1) is 6.83. The molecule has 0 bridgehead atoms. The zero-order chi connectivity index (χ0) is 9.97. The van der Waals surface area contributed by atoms with E-state index in [1.165, 1.54) is 0 Å². The Kier molecular flexibility index (Phi) is 2.76.